The van der Waals surface area contributed by atoms with Crippen LogP contribution in [0.2, 0.25) is 0 Å². The quantitative estimate of drug-likeness (QED) is 0.835. The van der Waals surface area contributed by atoms with Gasteiger partial charge in [-0.3, -0.25) is 4.79 Å². The first-order chi connectivity index (χ1) is 8.58. The van der Waals surface area contributed by atoms with Gasteiger partial charge in [0.05, 0.1) is 16.9 Å². The molecule has 0 fully saturated rings. The van der Waals surface area contributed by atoms with Gasteiger partial charge in [0, 0.05) is 4.47 Å². The summed E-state index contributed by atoms with van der Waals surface area (Å²) in [5.74, 6) is -0.886. The molecule has 18 heavy (non-hydrogen) atoms. The van der Waals surface area contributed by atoms with Crippen LogP contribution in [0.15, 0.2) is 46.9 Å². The Morgan fingerprint density at radius 1 is 1.22 bits per heavy atom. The van der Waals surface area contributed by atoms with Crippen molar-refractivity contribution in [3.05, 3.63) is 58.3 Å². The maximum absolute atomic E-state index is 13.1. The Morgan fingerprint density at radius 3 is 2.67 bits per heavy atom. The molecule has 0 aromatic heterocycles. The molecule has 0 saturated heterocycles. The number of hydrogen-bond donors (Lipinski definition) is 2. The van der Waals surface area contributed by atoms with Crippen molar-refractivity contribution in [2.24, 2.45) is 0 Å². The van der Waals surface area contributed by atoms with Gasteiger partial charge in [0.25, 0.3) is 5.91 Å². The van der Waals surface area contributed by atoms with Gasteiger partial charge in [-0.25, -0.2) is 4.39 Å². The molecule has 0 atom stereocenters. The molecule has 3 nitrogen and oxygen atoms in total. The highest BCUT2D eigenvalue weighted by Crippen LogP contribution is 2.22. The normalized spacial score (nSPS) is 10.1. The molecule has 2 aromatic rings. The fourth-order valence-corrected chi connectivity index (χ4v) is 1.90. The van der Waals surface area contributed by atoms with Crippen LogP contribution >= 0.6 is 15.9 Å². The summed E-state index contributed by atoms with van der Waals surface area (Å²) >= 11 is 3.20. The number of nitrogens with one attached hydrogen (secondary N) is 1. The first-order valence-corrected chi connectivity index (χ1v) is 5.98. The maximum atomic E-state index is 13.1. The molecule has 1 amide bonds. The molecule has 0 bridgehead atoms. The van der Waals surface area contributed by atoms with E-state index >= 15 is 0 Å². The van der Waals surface area contributed by atoms with E-state index in [4.69, 9.17) is 5.73 Å². The minimum Gasteiger partial charge on any atom is -0.397 e. The second kappa shape index (κ2) is 5.18. The summed E-state index contributed by atoms with van der Waals surface area (Å²) in [6.45, 7) is 0. The average Bonchev–Trinajstić information content (AvgIpc) is 2.35. The fraction of sp³-hybridized carbons (Fsp3) is 0. The van der Waals surface area contributed by atoms with E-state index in [1.165, 1.54) is 18.2 Å². The monoisotopic (exact) mass is 308 g/mol. The van der Waals surface area contributed by atoms with Gasteiger partial charge in [0.2, 0.25) is 0 Å². The molecule has 0 heterocycles. The van der Waals surface area contributed by atoms with E-state index in [1.807, 2.05) is 0 Å². The van der Waals surface area contributed by atoms with E-state index in [0.29, 0.717) is 15.8 Å². The van der Waals surface area contributed by atoms with Gasteiger partial charge in [0.1, 0.15) is 5.82 Å². The SMILES string of the molecule is Nc1ccccc1NC(=O)c1cc(F)ccc1Br. The number of nitrogens with two attached hydrogens (primary N) is 1. The van der Waals surface area contributed by atoms with Gasteiger partial charge < -0.3 is 11.1 Å². The van der Waals surface area contributed by atoms with Crippen molar-refractivity contribution in [3.63, 3.8) is 0 Å². The van der Waals surface area contributed by atoms with Crippen LogP contribution in [0.1, 0.15) is 10.4 Å². The van der Waals surface area contributed by atoms with Crippen LogP contribution in [0.3, 0.4) is 0 Å². The summed E-state index contributed by atoms with van der Waals surface area (Å²) in [5, 5.41) is 2.63. The van der Waals surface area contributed by atoms with E-state index in [9.17, 15) is 9.18 Å². The Balaban J connectivity index is 2.28. The zero-order chi connectivity index (χ0) is 13.1. The zero-order valence-corrected chi connectivity index (χ0v) is 10.9. The molecule has 0 aliphatic carbocycles. The van der Waals surface area contributed by atoms with Crippen LogP contribution in [0.4, 0.5) is 15.8 Å². The van der Waals surface area contributed by atoms with Crippen LogP contribution < -0.4 is 11.1 Å². The van der Waals surface area contributed by atoms with Gasteiger partial charge in [0.15, 0.2) is 0 Å². The summed E-state index contributed by atoms with van der Waals surface area (Å²) < 4.78 is 13.6. The largest absolute Gasteiger partial charge is 0.397 e. The molecule has 0 aliphatic rings. The molecule has 0 aliphatic heterocycles. The van der Waals surface area contributed by atoms with E-state index in [0.717, 1.165) is 0 Å². The number of para-hydroxylation sites is 2. The average molecular weight is 309 g/mol. The second-order valence-electron chi connectivity index (χ2n) is 3.67. The van der Waals surface area contributed by atoms with E-state index in [-0.39, 0.29) is 5.56 Å². The molecule has 5 heteroatoms. The van der Waals surface area contributed by atoms with Gasteiger partial charge in [-0.2, -0.15) is 0 Å². The lowest BCUT2D eigenvalue weighted by atomic mass is 10.2. The first-order valence-electron chi connectivity index (χ1n) is 5.19. The Morgan fingerprint density at radius 2 is 1.94 bits per heavy atom. The van der Waals surface area contributed by atoms with Crippen LogP contribution in [0, 0.1) is 5.82 Å². The summed E-state index contributed by atoms with van der Waals surface area (Å²) in [6.07, 6.45) is 0. The van der Waals surface area contributed by atoms with Crippen molar-refractivity contribution in [2.75, 3.05) is 11.1 Å². The summed E-state index contributed by atoms with van der Waals surface area (Å²) in [7, 11) is 0. The molecule has 0 spiro atoms. The van der Waals surface area contributed by atoms with Crippen LogP contribution in [-0.4, -0.2) is 5.91 Å². The number of halogens is 2. The Bertz CT molecular complexity index is 601. The van der Waals surface area contributed by atoms with Crippen molar-refractivity contribution in [1.82, 2.24) is 0 Å². The zero-order valence-electron chi connectivity index (χ0n) is 9.28. The van der Waals surface area contributed by atoms with Crippen molar-refractivity contribution < 1.29 is 9.18 Å². The highest BCUT2D eigenvalue weighted by Gasteiger charge is 2.12. The molecule has 0 radical (unpaired) electrons. The van der Waals surface area contributed by atoms with E-state index < -0.39 is 11.7 Å². The van der Waals surface area contributed by atoms with Crippen LogP contribution in [-0.2, 0) is 0 Å². The molecule has 92 valence electrons. The number of amides is 1. The van der Waals surface area contributed by atoms with Gasteiger partial charge in [-0.15, -0.1) is 0 Å². The molecule has 0 saturated carbocycles. The van der Waals surface area contributed by atoms with E-state index in [2.05, 4.69) is 21.2 Å². The lowest BCUT2D eigenvalue weighted by Gasteiger charge is -2.09. The number of rotatable bonds is 2. The summed E-state index contributed by atoms with van der Waals surface area (Å²) in [5.41, 5.74) is 6.89. The van der Waals surface area contributed by atoms with Crippen molar-refractivity contribution in [3.8, 4) is 0 Å². The van der Waals surface area contributed by atoms with Crippen molar-refractivity contribution in [1.29, 1.82) is 0 Å². The minimum atomic E-state index is -0.468. The van der Waals surface area contributed by atoms with E-state index in [1.54, 1.807) is 24.3 Å². The number of hydrogen-bond acceptors (Lipinski definition) is 2. The van der Waals surface area contributed by atoms with Crippen molar-refractivity contribution in [2.45, 2.75) is 0 Å². The Labute approximate surface area is 112 Å². The number of carbonyl (C=O) groups excluding carboxylic acids is 1. The van der Waals surface area contributed by atoms with Crippen molar-refractivity contribution >= 4 is 33.2 Å². The minimum absolute atomic E-state index is 0.221. The first kappa shape index (κ1) is 12.6. The lowest BCUT2D eigenvalue weighted by Crippen LogP contribution is -2.14. The number of anilines is 2. The van der Waals surface area contributed by atoms with Gasteiger partial charge >= 0.3 is 0 Å². The summed E-state index contributed by atoms with van der Waals surface area (Å²) in [4.78, 5) is 12.0. The molecule has 2 rings (SSSR count). The lowest BCUT2D eigenvalue weighted by molar-refractivity contribution is 0.102. The molecule has 3 N–H and O–H groups in total. The van der Waals surface area contributed by atoms with Gasteiger partial charge in [-0.1, -0.05) is 12.1 Å². The third-order valence-corrected chi connectivity index (χ3v) is 3.07. The summed E-state index contributed by atoms with van der Waals surface area (Å²) in [6, 6.07) is 10.8. The molecule has 0 unspecified atom stereocenters. The Kier molecular flexibility index (Phi) is 3.62. The number of nitrogen functional groups attached to an aromatic ring is 1. The van der Waals surface area contributed by atoms with Crippen LogP contribution in [0.25, 0.3) is 0 Å². The predicted molar refractivity (Wildman–Crippen MR) is 72.9 cm³/mol. The maximum Gasteiger partial charge on any atom is 0.256 e. The van der Waals surface area contributed by atoms with Crippen LogP contribution in [0.5, 0.6) is 0 Å². The third-order valence-electron chi connectivity index (χ3n) is 2.38. The standard InChI is InChI=1S/C13H10BrFN2O/c14-10-6-5-8(15)7-9(10)13(18)17-12-4-2-1-3-11(12)16/h1-7H,16H2,(H,17,18). The van der Waals surface area contributed by atoms with Gasteiger partial charge in [-0.05, 0) is 46.3 Å². The molecular formula is C13H10BrFN2O. The highest BCUT2D eigenvalue weighted by atomic mass is 79.9. The molecular weight excluding hydrogens is 299 g/mol. The fourth-order valence-electron chi connectivity index (χ4n) is 1.47. The second-order valence-corrected chi connectivity index (χ2v) is 4.52. The number of carbonyl (C=O) groups is 1. The predicted octanol–water partition coefficient (Wildman–Crippen LogP) is 3.42. The molecule has 2 aromatic carbocycles. The number of benzene rings is 2. The topological polar surface area (TPSA) is 55.1 Å². The Hall–Kier alpha value is -1.88. The third kappa shape index (κ3) is 2.68. The highest BCUT2D eigenvalue weighted by molar-refractivity contribution is 9.10. The smallest absolute Gasteiger partial charge is 0.256 e.